The first kappa shape index (κ1) is 16.8. The summed E-state index contributed by atoms with van der Waals surface area (Å²) in [7, 11) is 0. The molecule has 0 radical (unpaired) electrons. The fraction of sp³-hybridized carbons (Fsp3) is 1.00. The van der Waals surface area contributed by atoms with Gasteiger partial charge in [-0.15, -0.1) is 0 Å². The molecule has 0 aromatic carbocycles. The Morgan fingerprint density at radius 3 is 2.56 bits per heavy atom. The van der Waals surface area contributed by atoms with Gasteiger partial charge in [0.05, 0.1) is 19.3 Å². The van der Waals surface area contributed by atoms with Crippen molar-refractivity contribution in [1.29, 1.82) is 0 Å². The van der Waals surface area contributed by atoms with Crippen LogP contribution in [-0.4, -0.2) is 99.8 Å². The van der Waals surface area contributed by atoms with Crippen LogP contribution in [0.15, 0.2) is 0 Å². The quantitative estimate of drug-likeness (QED) is 0.322. The number of fused-ring (bicyclic) bond motifs is 3. The zero-order chi connectivity index (χ0) is 17.5. The van der Waals surface area contributed by atoms with Crippen molar-refractivity contribution in [2.75, 3.05) is 13.2 Å². The van der Waals surface area contributed by atoms with Crippen molar-refractivity contribution in [2.45, 2.75) is 67.5 Å². The molecule has 1 saturated carbocycles. The highest BCUT2D eigenvalue weighted by molar-refractivity contribution is 5.20. The standard InChI is InChI=1S/C15H22O10/c16-2-5-8(17)9(18)10(19)14(22-5)25-13-7-4-1-6(23-13)21-3-15(7,20)12-11(4)24-12/h4-14,16-20H,1-3H2. The molecule has 5 N–H and O–H groups in total. The van der Waals surface area contributed by atoms with Gasteiger partial charge in [-0.05, 0) is 0 Å². The van der Waals surface area contributed by atoms with Crippen molar-refractivity contribution in [2.24, 2.45) is 11.8 Å². The lowest BCUT2D eigenvalue weighted by Crippen LogP contribution is -2.61. The molecule has 0 amide bonds. The Kier molecular flexibility index (Phi) is 3.72. The molecule has 1 aliphatic carbocycles. The largest absolute Gasteiger partial charge is 0.394 e. The van der Waals surface area contributed by atoms with Crippen LogP contribution in [0.5, 0.6) is 0 Å². The fourth-order valence-electron chi connectivity index (χ4n) is 4.79. The lowest BCUT2D eigenvalue weighted by molar-refractivity contribution is -0.371. The van der Waals surface area contributed by atoms with Crippen molar-refractivity contribution in [3.63, 3.8) is 0 Å². The topological polar surface area (TPSA) is 151 Å². The molecule has 6 fully saturated rings. The summed E-state index contributed by atoms with van der Waals surface area (Å²) in [5.41, 5.74) is -1.24. The summed E-state index contributed by atoms with van der Waals surface area (Å²) in [6, 6.07) is 0. The van der Waals surface area contributed by atoms with Gasteiger partial charge in [-0.1, -0.05) is 0 Å². The summed E-state index contributed by atoms with van der Waals surface area (Å²) < 4.78 is 28.0. The number of ether oxygens (including phenoxy) is 5. The molecule has 4 bridgehead atoms. The zero-order valence-corrected chi connectivity index (χ0v) is 13.2. The minimum absolute atomic E-state index is 0.00568. The molecule has 5 aliphatic heterocycles. The Labute approximate surface area is 142 Å². The molecule has 12 atom stereocenters. The van der Waals surface area contributed by atoms with Gasteiger partial charge in [-0.25, -0.2) is 0 Å². The van der Waals surface area contributed by atoms with Gasteiger partial charge in [0, 0.05) is 18.3 Å². The summed E-state index contributed by atoms with van der Waals surface area (Å²) in [5.74, 6) is -0.409. The van der Waals surface area contributed by atoms with E-state index in [9.17, 15) is 25.5 Å². The zero-order valence-electron chi connectivity index (χ0n) is 13.2. The molecule has 0 spiro atoms. The predicted octanol–water partition coefficient (Wildman–Crippen LogP) is -3.35. The van der Waals surface area contributed by atoms with E-state index in [-0.39, 0.29) is 24.7 Å². The van der Waals surface area contributed by atoms with E-state index in [0.29, 0.717) is 6.42 Å². The lowest BCUT2D eigenvalue weighted by atomic mass is 9.82. The summed E-state index contributed by atoms with van der Waals surface area (Å²) in [6.07, 6.45) is -8.17. The van der Waals surface area contributed by atoms with E-state index in [0.717, 1.165) is 0 Å². The molecule has 6 aliphatic rings. The maximum Gasteiger partial charge on any atom is 0.189 e. The Morgan fingerprint density at radius 2 is 1.80 bits per heavy atom. The van der Waals surface area contributed by atoms with Crippen LogP contribution in [0, 0.1) is 11.8 Å². The minimum Gasteiger partial charge on any atom is -0.394 e. The highest BCUT2D eigenvalue weighted by atomic mass is 16.8. The number of rotatable bonds is 3. The van der Waals surface area contributed by atoms with E-state index in [4.69, 9.17) is 23.7 Å². The van der Waals surface area contributed by atoms with Gasteiger partial charge in [0.2, 0.25) is 0 Å². The van der Waals surface area contributed by atoms with Crippen LogP contribution in [0.25, 0.3) is 0 Å². The Balaban J connectivity index is 1.37. The molecule has 5 heterocycles. The van der Waals surface area contributed by atoms with E-state index in [1.807, 2.05) is 0 Å². The maximum atomic E-state index is 11.0. The number of epoxide rings is 1. The van der Waals surface area contributed by atoms with E-state index in [1.165, 1.54) is 0 Å². The first-order valence-corrected chi connectivity index (χ1v) is 8.55. The second kappa shape index (κ2) is 5.55. The Hall–Kier alpha value is -0.400. The smallest absolute Gasteiger partial charge is 0.189 e. The van der Waals surface area contributed by atoms with Crippen LogP contribution in [0.2, 0.25) is 0 Å². The molecule has 10 nitrogen and oxygen atoms in total. The van der Waals surface area contributed by atoms with Crippen molar-refractivity contribution in [3.05, 3.63) is 0 Å². The third kappa shape index (κ3) is 2.27. The van der Waals surface area contributed by atoms with Crippen LogP contribution in [-0.2, 0) is 23.7 Å². The number of aliphatic hydroxyl groups excluding tert-OH is 4. The minimum atomic E-state index is -1.54. The number of hydrogen-bond donors (Lipinski definition) is 5. The highest BCUT2D eigenvalue weighted by Crippen LogP contribution is 2.60. The molecule has 0 aromatic rings. The third-order valence-corrected chi connectivity index (χ3v) is 6.14. The average molecular weight is 362 g/mol. The first-order valence-electron chi connectivity index (χ1n) is 8.55. The SMILES string of the molecule is OCC1OC(OC2OC3CC4C5OC5C(O)(CO3)C24)C(O)C(O)C1O. The van der Waals surface area contributed by atoms with Gasteiger partial charge in [-0.2, -0.15) is 0 Å². The van der Waals surface area contributed by atoms with Crippen molar-refractivity contribution in [1.82, 2.24) is 0 Å². The molecular formula is C15H22O10. The average Bonchev–Trinajstić information content (AvgIpc) is 3.38. The molecule has 142 valence electrons. The molecule has 6 rings (SSSR count). The molecule has 12 unspecified atom stereocenters. The second-order valence-electron chi connectivity index (χ2n) is 7.52. The van der Waals surface area contributed by atoms with Gasteiger partial charge in [0.15, 0.2) is 18.9 Å². The molecular weight excluding hydrogens is 340 g/mol. The molecule has 5 saturated heterocycles. The molecule has 10 heteroatoms. The van der Waals surface area contributed by atoms with Gasteiger partial charge in [-0.3, -0.25) is 0 Å². The van der Waals surface area contributed by atoms with Gasteiger partial charge < -0.3 is 49.2 Å². The Morgan fingerprint density at radius 1 is 1.00 bits per heavy atom. The number of hydrogen-bond acceptors (Lipinski definition) is 10. The van der Waals surface area contributed by atoms with Crippen LogP contribution in [0.1, 0.15) is 6.42 Å². The summed E-state index contributed by atoms with van der Waals surface area (Å²) in [6.45, 7) is -0.468. The van der Waals surface area contributed by atoms with Gasteiger partial charge >= 0.3 is 0 Å². The van der Waals surface area contributed by atoms with Crippen LogP contribution >= 0.6 is 0 Å². The monoisotopic (exact) mass is 362 g/mol. The highest BCUT2D eigenvalue weighted by Gasteiger charge is 2.75. The number of aliphatic hydroxyl groups is 5. The summed E-state index contributed by atoms with van der Waals surface area (Å²) in [4.78, 5) is 0. The van der Waals surface area contributed by atoms with Crippen molar-refractivity contribution in [3.8, 4) is 0 Å². The first-order chi connectivity index (χ1) is 11.9. The second-order valence-corrected chi connectivity index (χ2v) is 7.52. The fourth-order valence-corrected chi connectivity index (χ4v) is 4.79. The molecule has 25 heavy (non-hydrogen) atoms. The molecule has 0 aromatic heterocycles. The third-order valence-electron chi connectivity index (χ3n) is 6.14. The van der Waals surface area contributed by atoms with Crippen LogP contribution < -0.4 is 0 Å². The maximum absolute atomic E-state index is 11.0. The van der Waals surface area contributed by atoms with Crippen LogP contribution in [0.4, 0.5) is 0 Å². The normalized spacial score (nSPS) is 62.5. The summed E-state index contributed by atoms with van der Waals surface area (Å²) in [5, 5.41) is 50.2. The van der Waals surface area contributed by atoms with Gasteiger partial charge in [0.25, 0.3) is 0 Å². The van der Waals surface area contributed by atoms with E-state index >= 15 is 0 Å². The predicted molar refractivity (Wildman–Crippen MR) is 74.7 cm³/mol. The van der Waals surface area contributed by atoms with E-state index in [1.54, 1.807) is 0 Å². The van der Waals surface area contributed by atoms with E-state index in [2.05, 4.69) is 0 Å². The Bertz CT molecular complexity index is 544. The van der Waals surface area contributed by atoms with Gasteiger partial charge in [0.1, 0.15) is 36.1 Å². The van der Waals surface area contributed by atoms with E-state index < -0.39 is 61.4 Å². The van der Waals surface area contributed by atoms with Crippen molar-refractivity contribution < 1.29 is 49.2 Å². The lowest BCUT2D eigenvalue weighted by Gasteiger charge is -2.44. The van der Waals surface area contributed by atoms with Crippen LogP contribution in [0.3, 0.4) is 0 Å². The summed E-state index contributed by atoms with van der Waals surface area (Å²) >= 11 is 0. The van der Waals surface area contributed by atoms with Crippen molar-refractivity contribution >= 4 is 0 Å².